The van der Waals surface area contributed by atoms with Crippen LogP contribution in [0.4, 0.5) is 15.4 Å². The van der Waals surface area contributed by atoms with E-state index in [1.54, 1.807) is 75.9 Å². The quantitative estimate of drug-likeness (QED) is 0.0905. The van der Waals surface area contributed by atoms with Gasteiger partial charge in [-0.25, -0.2) is 39.3 Å². The number of aromatic nitrogens is 5. The molecular weight excluding hydrogens is 1510 g/mol. The first-order valence-electron chi connectivity index (χ1n) is 36.8. The average molecular weight is 1610 g/mol. The van der Waals surface area contributed by atoms with Crippen LogP contribution in [0.15, 0.2) is 152 Å². The first kappa shape index (κ1) is 90.1. The van der Waals surface area contributed by atoms with Crippen molar-refractivity contribution in [2.45, 2.75) is 105 Å². The minimum Gasteiger partial charge on any atom is -0.478 e. The van der Waals surface area contributed by atoms with Gasteiger partial charge in [-0.15, -0.1) is 12.4 Å². The lowest BCUT2D eigenvalue weighted by atomic mass is 10.1. The number of carbonyl (C=O) groups is 7. The highest BCUT2D eigenvalue weighted by Crippen LogP contribution is 2.23. The molecule has 25 nitrogen and oxygen atoms in total. The fraction of sp³-hybridized carbons (Fsp3) is 0.450. The highest BCUT2D eigenvalue weighted by atomic mass is 35.5. The number of likely N-dealkylation sites (tertiary alicyclic amines) is 1. The molecule has 0 bridgehead atoms. The van der Waals surface area contributed by atoms with Gasteiger partial charge >= 0.3 is 18.2 Å². The number of piperidine rings is 1. The monoisotopic (exact) mass is 1610 g/mol. The van der Waals surface area contributed by atoms with Crippen LogP contribution in [0.25, 0.3) is 0 Å². The zero-order valence-electron chi connectivity index (χ0n) is 64.0. The van der Waals surface area contributed by atoms with E-state index in [1.807, 2.05) is 80.5 Å². The molecular formula is C80H104Cl5N15O10. The summed E-state index contributed by atoms with van der Waals surface area (Å²) in [5, 5.41) is 15.8. The molecule has 5 saturated heterocycles. The SMILES string of the molecule is CC(C)(C)OC(=O)N1CCN(C(=O)c2cccnc2Cl)CC1.CC(C)(C)OC(=O)N1CCNCC1.CC(C)CCNc1ncccc1C(=O)N1CCN(Cc2ccccc2)CC1.Cl.O=C(O)c1cccnc1Cl.O=C(c1cccnc1Cl)N1CCCCC1.O=C(c1cccnc1Cl)N1CCN(Cc2ccccc2)CC1. The van der Waals surface area contributed by atoms with Gasteiger partial charge in [0.15, 0.2) is 0 Å². The van der Waals surface area contributed by atoms with Crippen molar-refractivity contribution in [1.82, 2.24) is 69.4 Å². The highest BCUT2D eigenvalue weighted by Gasteiger charge is 2.31. The summed E-state index contributed by atoms with van der Waals surface area (Å²) >= 11 is 23.3. The number of halogens is 5. The smallest absolute Gasteiger partial charge is 0.410 e. The molecule has 594 valence electrons. The lowest BCUT2D eigenvalue weighted by Crippen LogP contribution is -2.51. The standard InChI is InChI=1S/C22H30N4O.C17H18ClN3O.C15H20ClN3O3.C11H13ClN2O.C9H18N2O2.C6H4ClNO2.ClH/c1-18(2)10-12-24-21-20(9-6-11-23-21)22(27)26-15-13-25(14-16-26)17-19-7-4-3-5-8-19;18-16-15(7-4-8-19-16)17(22)21-11-9-20(10-12-21)13-14-5-2-1-3-6-14;1-15(2,3)22-14(21)19-9-7-18(8-10-19)13(20)11-5-4-6-17-12(11)16;12-10-9(5-4-6-13-10)11(15)14-7-2-1-3-8-14;1-9(2,3)13-8(12)11-6-4-10-5-7-11;7-5-4(6(9)10)2-1-3-8-5;/h3-9,11,18H,10,12-17H2,1-2H3,(H,23,24);1-8H,9-13H2;4-6H,7-10H2,1-3H3;4-6H,1-3,7-8H2;10H,4-7H2,1-3H3;1-3H,(H,9,10);1H. The third kappa shape index (κ3) is 30.8. The van der Waals surface area contributed by atoms with Crippen molar-refractivity contribution in [2.24, 2.45) is 5.92 Å². The number of carboxylic acid groups (broad SMARTS) is 1. The molecule has 5 fully saturated rings. The predicted molar refractivity (Wildman–Crippen MR) is 433 cm³/mol. The van der Waals surface area contributed by atoms with Crippen LogP contribution in [-0.2, 0) is 22.6 Å². The van der Waals surface area contributed by atoms with Gasteiger partial charge in [-0.2, -0.15) is 0 Å². The Bertz CT molecular complexity index is 4010. The van der Waals surface area contributed by atoms with Gasteiger partial charge in [-0.05, 0) is 145 Å². The van der Waals surface area contributed by atoms with Gasteiger partial charge in [0.05, 0.1) is 27.8 Å². The molecule has 0 atom stereocenters. The molecule has 110 heavy (non-hydrogen) atoms. The number of anilines is 1. The number of amides is 6. The predicted octanol–water partition coefficient (Wildman–Crippen LogP) is 13.7. The van der Waals surface area contributed by atoms with Crippen molar-refractivity contribution in [2.75, 3.05) is 130 Å². The van der Waals surface area contributed by atoms with E-state index >= 15 is 0 Å². The molecule has 7 aromatic rings. The van der Waals surface area contributed by atoms with E-state index in [1.165, 1.54) is 35.9 Å². The van der Waals surface area contributed by atoms with Crippen molar-refractivity contribution < 1.29 is 48.1 Å². The largest absolute Gasteiger partial charge is 0.478 e. The summed E-state index contributed by atoms with van der Waals surface area (Å²) in [6, 6.07) is 37.8. The molecule has 10 heterocycles. The third-order valence-electron chi connectivity index (χ3n) is 17.5. The molecule has 30 heteroatoms. The van der Waals surface area contributed by atoms with Gasteiger partial charge in [-0.1, -0.05) is 121 Å². The van der Waals surface area contributed by atoms with Crippen LogP contribution >= 0.6 is 58.8 Å². The fourth-order valence-electron chi connectivity index (χ4n) is 11.7. The summed E-state index contributed by atoms with van der Waals surface area (Å²) in [5.74, 6) is 0.160. The zero-order chi connectivity index (χ0) is 78.9. The van der Waals surface area contributed by atoms with Gasteiger partial charge in [-0.3, -0.25) is 29.0 Å². The van der Waals surface area contributed by atoms with Crippen molar-refractivity contribution in [3.05, 3.63) is 212 Å². The molecule has 3 N–H and O–H groups in total. The second-order valence-corrected chi connectivity index (χ2v) is 30.1. The number of hydrogen-bond donors (Lipinski definition) is 3. The van der Waals surface area contributed by atoms with Crippen LogP contribution in [0.5, 0.6) is 0 Å². The molecule has 5 aromatic heterocycles. The number of carbonyl (C=O) groups excluding carboxylic acids is 6. The number of pyridine rings is 5. The number of rotatable bonds is 13. The first-order chi connectivity index (χ1) is 52.1. The van der Waals surface area contributed by atoms with Crippen molar-refractivity contribution in [3.8, 4) is 0 Å². The van der Waals surface area contributed by atoms with E-state index in [4.69, 9.17) is 61.0 Å². The topological polar surface area (TPSA) is 273 Å². The Balaban J connectivity index is 0.000000211. The number of piperazine rings is 4. The highest BCUT2D eigenvalue weighted by molar-refractivity contribution is 6.33. The number of carboxylic acids is 1. The summed E-state index contributed by atoms with van der Waals surface area (Å²) in [6.07, 6.45) is 11.8. The second-order valence-electron chi connectivity index (χ2n) is 28.6. The Morgan fingerprint density at radius 2 is 0.736 bits per heavy atom. The number of nitrogens with one attached hydrogen (secondary N) is 2. The van der Waals surface area contributed by atoms with Gasteiger partial charge in [0.1, 0.15) is 37.6 Å². The maximum atomic E-state index is 13.0. The van der Waals surface area contributed by atoms with E-state index in [0.717, 1.165) is 131 Å². The maximum Gasteiger partial charge on any atom is 0.410 e. The van der Waals surface area contributed by atoms with Gasteiger partial charge < -0.3 is 54.6 Å². The Hall–Kier alpha value is -8.79. The molecule has 0 spiro atoms. The molecule has 2 aromatic carbocycles. The molecule has 6 amide bonds. The lowest BCUT2D eigenvalue weighted by molar-refractivity contribution is 0.0140. The summed E-state index contributed by atoms with van der Waals surface area (Å²) < 4.78 is 10.6. The van der Waals surface area contributed by atoms with E-state index in [-0.39, 0.29) is 74.8 Å². The lowest BCUT2D eigenvalue weighted by Gasteiger charge is -2.35. The van der Waals surface area contributed by atoms with E-state index < -0.39 is 11.6 Å². The Kier molecular flexibility index (Phi) is 37.8. The number of benzene rings is 2. The Morgan fingerprint density at radius 3 is 1.08 bits per heavy atom. The van der Waals surface area contributed by atoms with Crippen LogP contribution in [0.3, 0.4) is 0 Å². The van der Waals surface area contributed by atoms with Crippen LogP contribution < -0.4 is 10.6 Å². The normalized spacial score (nSPS) is 15.3. The van der Waals surface area contributed by atoms with Crippen molar-refractivity contribution >= 4 is 106 Å². The van der Waals surface area contributed by atoms with Gasteiger partial charge in [0.2, 0.25) is 0 Å². The average Bonchev–Trinajstić information content (AvgIpc) is 0.840. The molecule has 12 rings (SSSR count). The van der Waals surface area contributed by atoms with E-state index in [2.05, 4.69) is 108 Å². The Labute approximate surface area is 672 Å². The maximum absolute atomic E-state index is 13.0. The summed E-state index contributed by atoms with van der Waals surface area (Å²) in [4.78, 5) is 119. The fourth-order valence-corrected chi connectivity index (χ4v) is 12.5. The number of nitrogens with zero attached hydrogens (tertiary/aromatic N) is 13. The van der Waals surface area contributed by atoms with Gasteiger partial charge in [0.25, 0.3) is 23.6 Å². The van der Waals surface area contributed by atoms with Crippen LogP contribution in [0.1, 0.15) is 144 Å². The zero-order valence-corrected chi connectivity index (χ0v) is 67.9. The van der Waals surface area contributed by atoms with Crippen molar-refractivity contribution in [3.63, 3.8) is 0 Å². The molecule has 0 radical (unpaired) electrons. The number of ether oxygens (including phenoxy) is 2. The minimum atomic E-state index is -1.06. The molecule has 0 aliphatic carbocycles. The summed E-state index contributed by atoms with van der Waals surface area (Å²) in [7, 11) is 0. The Morgan fingerprint density at radius 1 is 0.418 bits per heavy atom. The minimum absolute atomic E-state index is 0. The molecule has 5 aliphatic heterocycles. The first-order valence-corrected chi connectivity index (χ1v) is 38.4. The van der Waals surface area contributed by atoms with E-state index in [9.17, 15) is 33.6 Å². The van der Waals surface area contributed by atoms with Crippen LogP contribution in [0.2, 0.25) is 20.6 Å². The third-order valence-corrected chi connectivity index (χ3v) is 18.7. The number of hydrogen-bond acceptors (Lipinski definition) is 18. The van der Waals surface area contributed by atoms with Crippen LogP contribution in [0, 0.1) is 5.92 Å². The van der Waals surface area contributed by atoms with E-state index in [0.29, 0.717) is 65.3 Å². The molecule has 0 unspecified atom stereocenters. The molecule has 0 saturated carbocycles. The summed E-state index contributed by atoms with van der Waals surface area (Å²) in [6.45, 7) is 31.4. The van der Waals surface area contributed by atoms with Gasteiger partial charge in [0, 0.05) is 168 Å². The molecule has 5 aliphatic rings. The van der Waals surface area contributed by atoms with Crippen molar-refractivity contribution in [1.29, 1.82) is 0 Å². The number of aromatic carboxylic acids is 1. The summed E-state index contributed by atoms with van der Waals surface area (Å²) in [5.41, 5.74) is 3.81. The second kappa shape index (κ2) is 46.1. The van der Waals surface area contributed by atoms with Crippen LogP contribution in [-0.4, -0.2) is 247 Å².